The lowest BCUT2D eigenvalue weighted by Gasteiger charge is -2.21. The zero-order valence-corrected chi connectivity index (χ0v) is 9.68. The molecule has 72 valence electrons. The van der Waals surface area contributed by atoms with Crippen molar-refractivity contribution in [3.05, 3.63) is 28.2 Å². The second-order valence-corrected chi connectivity index (χ2v) is 4.34. The number of methoxy groups -OCH3 is 1. The summed E-state index contributed by atoms with van der Waals surface area (Å²) in [5, 5.41) is 0. The van der Waals surface area contributed by atoms with E-state index < -0.39 is 0 Å². The fourth-order valence-corrected chi connectivity index (χ4v) is 2.10. The minimum absolute atomic E-state index is 0.354. The molecule has 0 amide bonds. The zero-order valence-electron chi connectivity index (χ0n) is 8.10. The fraction of sp³-hybridized carbons (Fsp3) is 0.400. The van der Waals surface area contributed by atoms with Gasteiger partial charge in [-0.15, -0.1) is 0 Å². The molecular weight excluding hydrogens is 230 g/mol. The van der Waals surface area contributed by atoms with Crippen molar-refractivity contribution >= 4 is 15.9 Å². The second-order valence-electron chi connectivity index (χ2n) is 3.54. The maximum absolute atomic E-state index is 6.00. The van der Waals surface area contributed by atoms with Crippen LogP contribution in [-0.2, 0) is 5.54 Å². The molecule has 0 unspecified atom stereocenters. The topological polar surface area (TPSA) is 35.2 Å². The first kappa shape index (κ1) is 10.5. The Balaban J connectivity index is 3.24. The SMILES string of the molecule is COc1cccc(C(C)(C)N)c1Br. The Morgan fingerprint density at radius 1 is 1.38 bits per heavy atom. The van der Waals surface area contributed by atoms with Gasteiger partial charge in [0, 0.05) is 5.54 Å². The van der Waals surface area contributed by atoms with Gasteiger partial charge in [0.15, 0.2) is 0 Å². The van der Waals surface area contributed by atoms with E-state index in [-0.39, 0.29) is 5.54 Å². The van der Waals surface area contributed by atoms with E-state index in [0.29, 0.717) is 0 Å². The standard InChI is InChI=1S/C10H14BrNO/c1-10(2,12)7-5-4-6-8(13-3)9(7)11/h4-6H,12H2,1-3H3. The summed E-state index contributed by atoms with van der Waals surface area (Å²) in [7, 11) is 1.65. The molecule has 0 radical (unpaired) electrons. The van der Waals surface area contributed by atoms with Gasteiger partial charge in [0.25, 0.3) is 0 Å². The van der Waals surface area contributed by atoms with Gasteiger partial charge in [-0.2, -0.15) is 0 Å². The lowest BCUT2D eigenvalue weighted by Crippen LogP contribution is -2.29. The van der Waals surface area contributed by atoms with E-state index in [1.54, 1.807) is 7.11 Å². The van der Waals surface area contributed by atoms with Gasteiger partial charge >= 0.3 is 0 Å². The molecule has 0 spiro atoms. The first-order chi connectivity index (χ1) is 5.96. The summed E-state index contributed by atoms with van der Waals surface area (Å²) < 4.78 is 6.11. The van der Waals surface area contributed by atoms with E-state index in [1.807, 2.05) is 32.0 Å². The molecular formula is C10H14BrNO. The number of halogens is 1. The molecule has 1 aromatic carbocycles. The highest BCUT2D eigenvalue weighted by Crippen LogP contribution is 2.33. The molecule has 0 fully saturated rings. The Bertz CT molecular complexity index is 304. The maximum atomic E-state index is 6.00. The number of hydrogen-bond donors (Lipinski definition) is 1. The van der Waals surface area contributed by atoms with E-state index in [4.69, 9.17) is 10.5 Å². The van der Waals surface area contributed by atoms with Crippen LogP contribution in [0.2, 0.25) is 0 Å². The van der Waals surface area contributed by atoms with Crippen LogP contribution >= 0.6 is 15.9 Å². The molecule has 0 bridgehead atoms. The van der Waals surface area contributed by atoms with E-state index in [0.717, 1.165) is 15.8 Å². The lowest BCUT2D eigenvalue weighted by atomic mass is 9.96. The summed E-state index contributed by atoms with van der Waals surface area (Å²) in [6.07, 6.45) is 0. The van der Waals surface area contributed by atoms with Crippen LogP contribution in [0.5, 0.6) is 5.75 Å². The Hall–Kier alpha value is -0.540. The van der Waals surface area contributed by atoms with Gasteiger partial charge in [0.2, 0.25) is 0 Å². The molecule has 0 saturated heterocycles. The van der Waals surface area contributed by atoms with Crippen molar-refractivity contribution in [1.29, 1.82) is 0 Å². The smallest absolute Gasteiger partial charge is 0.133 e. The fourth-order valence-electron chi connectivity index (χ4n) is 1.17. The highest BCUT2D eigenvalue weighted by atomic mass is 79.9. The molecule has 0 heterocycles. The minimum Gasteiger partial charge on any atom is -0.496 e. The van der Waals surface area contributed by atoms with Gasteiger partial charge in [0.1, 0.15) is 5.75 Å². The number of benzene rings is 1. The normalized spacial score (nSPS) is 11.5. The highest BCUT2D eigenvalue weighted by Gasteiger charge is 2.19. The van der Waals surface area contributed by atoms with Gasteiger partial charge in [-0.1, -0.05) is 12.1 Å². The van der Waals surface area contributed by atoms with Crippen LogP contribution in [0.15, 0.2) is 22.7 Å². The Labute approximate surface area is 87.2 Å². The second kappa shape index (κ2) is 3.68. The van der Waals surface area contributed by atoms with Crippen molar-refractivity contribution in [2.45, 2.75) is 19.4 Å². The number of rotatable bonds is 2. The van der Waals surface area contributed by atoms with Crippen molar-refractivity contribution < 1.29 is 4.74 Å². The number of hydrogen-bond acceptors (Lipinski definition) is 2. The van der Waals surface area contributed by atoms with Crippen LogP contribution < -0.4 is 10.5 Å². The lowest BCUT2D eigenvalue weighted by molar-refractivity contribution is 0.409. The molecule has 2 nitrogen and oxygen atoms in total. The molecule has 1 rings (SSSR count). The summed E-state index contributed by atoms with van der Waals surface area (Å²) in [6, 6.07) is 5.83. The molecule has 0 aromatic heterocycles. The molecule has 2 N–H and O–H groups in total. The maximum Gasteiger partial charge on any atom is 0.133 e. The summed E-state index contributed by atoms with van der Waals surface area (Å²) in [4.78, 5) is 0. The van der Waals surface area contributed by atoms with Crippen LogP contribution in [0.1, 0.15) is 19.4 Å². The molecule has 0 aliphatic rings. The van der Waals surface area contributed by atoms with E-state index in [9.17, 15) is 0 Å². The predicted octanol–water partition coefficient (Wildman–Crippen LogP) is 2.65. The van der Waals surface area contributed by atoms with Crippen LogP contribution in [0.25, 0.3) is 0 Å². The molecule has 0 atom stereocenters. The van der Waals surface area contributed by atoms with Gasteiger partial charge < -0.3 is 10.5 Å². The van der Waals surface area contributed by atoms with E-state index in [1.165, 1.54) is 0 Å². The largest absolute Gasteiger partial charge is 0.496 e. The van der Waals surface area contributed by atoms with Crippen molar-refractivity contribution in [2.75, 3.05) is 7.11 Å². The van der Waals surface area contributed by atoms with Crippen molar-refractivity contribution in [2.24, 2.45) is 5.73 Å². The predicted molar refractivity (Wildman–Crippen MR) is 57.9 cm³/mol. The van der Waals surface area contributed by atoms with Gasteiger partial charge in [-0.3, -0.25) is 0 Å². The Morgan fingerprint density at radius 2 is 2.00 bits per heavy atom. The Kier molecular flexibility index (Phi) is 2.98. The average molecular weight is 244 g/mol. The molecule has 13 heavy (non-hydrogen) atoms. The van der Waals surface area contributed by atoms with Crippen LogP contribution in [0, 0.1) is 0 Å². The van der Waals surface area contributed by atoms with Crippen LogP contribution in [0.4, 0.5) is 0 Å². The third kappa shape index (κ3) is 2.23. The molecule has 3 heteroatoms. The van der Waals surface area contributed by atoms with Crippen molar-refractivity contribution in [1.82, 2.24) is 0 Å². The summed E-state index contributed by atoms with van der Waals surface area (Å²) in [5.74, 6) is 0.816. The third-order valence-electron chi connectivity index (χ3n) is 1.88. The summed E-state index contributed by atoms with van der Waals surface area (Å²) >= 11 is 3.47. The van der Waals surface area contributed by atoms with Gasteiger partial charge in [-0.05, 0) is 41.4 Å². The third-order valence-corrected chi connectivity index (χ3v) is 2.70. The quantitative estimate of drug-likeness (QED) is 0.867. The first-order valence-corrected chi connectivity index (χ1v) is 4.88. The zero-order chi connectivity index (χ0) is 10.1. The van der Waals surface area contributed by atoms with Crippen molar-refractivity contribution in [3.8, 4) is 5.75 Å². The van der Waals surface area contributed by atoms with E-state index in [2.05, 4.69) is 15.9 Å². The van der Waals surface area contributed by atoms with Gasteiger partial charge in [0.05, 0.1) is 11.6 Å². The molecule has 0 saturated carbocycles. The Morgan fingerprint density at radius 3 is 2.46 bits per heavy atom. The summed E-state index contributed by atoms with van der Waals surface area (Å²) in [6.45, 7) is 3.93. The molecule has 0 aliphatic carbocycles. The average Bonchev–Trinajstić information content (AvgIpc) is 2.02. The number of ether oxygens (including phenoxy) is 1. The minimum atomic E-state index is -0.354. The monoisotopic (exact) mass is 243 g/mol. The molecule has 1 aromatic rings. The first-order valence-electron chi connectivity index (χ1n) is 4.08. The highest BCUT2D eigenvalue weighted by molar-refractivity contribution is 9.10. The number of nitrogens with two attached hydrogens (primary N) is 1. The summed E-state index contributed by atoms with van der Waals surface area (Å²) in [5.41, 5.74) is 6.69. The molecule has 0 aliphatic heterocycles. The van der Waals surface area contributed by atoms with Crippen LogP contribution in [0.3, 0.4) is 0 Å². The van der Waals surface area contributed by atoms with Crippen molar-refractivity contribution in [3.63, 3.8) is 0 Å². The van der Waals surface area contributed by atoms with Crippen LogP contribution in [-0.4, -0.2) is 7.11 Å². The van der Waals surface area contributed by atoms with E-state index >= 15 is 0 Å². The van der Waals surface area contributed by atoms with Gasteiger partial charge in [-0.25, -0.2) is 0 Å².